The predicted octanol–water partition coefficient (Wildman–Crippen LogP) is 1.67. The molecule has 0 radical (unpaired) electrons. The van der Waals surface area contributed by atoms with Gasteiger partial charge in [0.1, 0.15) is 11.3 Å². The first-order chi connectivity index (χ1) is 7.06. The molecule has 0 amide bonds. The molecule has 0 fully saturated rings. The van der Waals surface area contributed by atoms with Crippen LogP contribution in [-0.2, 0) is 4.57 Å². The minimum Gasteiger partial charge on any atom is -0.478 e. The van der Waals surface area contributed by atoms with E-state index < -0.39 is 20.6 Å². The molecule has 0 aliphatic carbocycles. The second-order valence-corrected chi connectivity index (χ2v) is 2.82. The highest BCUT2D eigenvalue weighted by atomic mass is 31.1. The number of benzene rings is 1. The number of rotatable bonds is 4. The Kier molecular flexibility index (Phi) is 3.36. The first-order valence-corrected chi connectivity index (χ1v) is 4.39. The third kappa shape index (κ3) is 2.51. The van der Waals surface area contributed by atoms with Crippen LogP contribution in [0.2, 0.25) is 0 Å². The number of hydrogen-bond acceptors (Lipinski definition) is 4. The van der Waals surface area contributed by atoms with E-state index in [2.05, 4.69) is 4.52 Å². The van der Waals surface area contributed by atoms with Crippen LogP contribution in [0.5, 0.6) is 5.75 Å². The number of carboxylic acid groups (broad SMARTS) is 2. The summed E-state index contributed by atoms with van der Waals surface area (Å²) in [5.41, 5.74) is -0.527. The Morgan fingerprint density at radius 3 is 2.33 bits per heavy atom. The average Bonchev–Trinajstić information content (AvgIpc) is 2.18. The van der Waals surface area contributed by atoms with Crippen molar-refractivity contribution in [2.45, 2.75) is 0 Å². The van der Waals surface area contributed by atoms with Crippen molar-refractivity contribution in [1.82, 2.24) is 0 Å². The monoisotopic (exact) mass is 228 g/mol. The fourth-order valence-corrected chi connectivity index (χ4v) is 1.19. The molecule has 15 heavy (non-hydrogen) atoms. The van der Waals surface area contributed by atoms with Gasteiger partial charge in [-0.25, -0.2) is 14.2 Å². The Labute approximate surface area is 85.4 Å². The van der Waals surface area contributed by atoms with Crippen LogP contribution < -0.4 is 4.52 Å². The highest BCUT2D eigenvalue weighted by Crippen LogP contribution is 2.23. The van der Waals surface area contributed by atoms with Gasteiger partial charge in [0.2, 0.25) is 0 Å². The van der Waals surface area contributed by atoms with Crippen molar-refractivity contribution >= 4 is 20.6 Å². The van der Waals surface area contributed by atoms with Gasteiger partial charge < -0.3 is 14.7 Å². The number of carboxylic acids is 2. The van der Waals surface area contributed by atoms with Crippen LogP contribution in [0.1, 0.15) is 20.7 Å². The normalized spacial score (nSPS) is 9.87. The van der Waals surface area contributed by atoms with Gasteiger partial charge in [0.05, 0.1) is 5.56 Å². The van der Waals surface area contributed by atoms with Crippen LogP contribution in [0.25, 0.3) is 0 Å². The Morgan fingerprint density at radius 1 is 1.20 bits per heavy atom. The molecule has 78 valence electrons. The lowest BCUT2D eigenvalue weighted by atomic mass is 10.1. The van der Waals surface area contributed by atoms with Gasteiger partial charge in [0.15, 0.2) is 0 Å². The molecule has 0 heterocycles. The fourth-order valence-electron chi connectivity index (χ4n) is 0.950. The molecule has 0 atom stereocenters. The summed E-state index contributed by atoms with van der Waals surface area (Å²) in [7, 11) is -0.703. The second kappa shape index (κ2) is 4.52. The van der Waals surface area contributed by atoms with E-state index in [0.29, 0.717) is 0 Å². The maximum Gasteiger partial charge on any atom is 0.395 e. The number of aromatic carboxylic acids is 2. The lowest BCUT2D eigenvalue weighted by molar-refractivity contribution is 0.0694. The van der Waals surface area contributed by atoms with Gasteiger partial charge in [-0.1, -0.05) is 0 Å². The average molecular weight is 228 g/mol. The van der Waals surface area contributed by atoms with E-state index in [0.717, 1.165) is 18.2 Å². The smallest absolute Gasteiger partial charge is 0.395 e. The molecule has 0 saturated heterocycles. The second-order valence-electron chi connectivity index (χ2n) is 2.49. The zero-order valence-corrected chi connectivity index (χ0v) is 8.10. The van der Waals surface area contributed by atoms with Gasteiger partial charge in [-0.3, -0.25) is 0 Å². The van der Waals surface area contributed by atoms with E-state index >= 15 is 0 Å². The standard InChI is InChI=1S/C8H5O6P/c9-7(10)4-1-2-6(14-15-13)5(3-4)8(11)12/h1-3H,(H,9,10)(H,11,12). The molecule has 0 aliphatic rings. The first-order valence-electron chi connectivity index (χ1n) is 3.66. The molecule has 0 saturated carbocycles. The predicted molar refractivity (Wildman–Crippen MR) is 48.6 cm³/mol. The molecule has 0 bridgehead atoms. The lowest BCUT2D eigenvalue weighted by Crippen LogP contribution is -2.03. The summed E-state index contributed by atoms with van der Waals surface area (Å²) in [4.78, 5) is 21.2. The van der Waals surface area contributed by atoms with Crippen molar-refractivity contribution in [3.63, 3.8) is 0 Å². The summed E-state index contributed by atoms with van der Waals surface area (Å²) >= 11 is 0. The van der Waals surface area contributed by atoms with Crippen molar-refractivity contribution in [3.05, 3.63) is 29.3 Å². The zero-order valence-electron chi connectivity index (χ0n) is 7.21. The van der Waals surface area contributed by atoms with Crippen LogP contribution in [0, 0.1) is 0 Å². The molecule has 2 N–H and O–H groups in total. The van der Waals surface area contributed by atoms with E-state index in [-0.39, 0.29) is 16.9 Å². The molecule has 6 nitrogen and oxygen atoms in total. The largest absolute Gasteiger partial charge is 0.478 e. The summed E-state index contributed by atoms with van der Waals surface area (Å²) in [6, 6.07) is 3.23. The van der Waals surface area contributed by atoms with Gasteiger partial charge in [-0.15, -0.1) is 0 Å². The SMILES string of the molecule is O=POc1ccc(C(=O)O)cc1C(=O)O. The molecular formula is C8H5O6P. The quantitative estimate of drug-likeness (QED) is 0.760. The van der Waals surface area contributed by atoms with Crippen molar-refractivity contribution < 1.29 is 28.9 Å². The highest BCUT2D eigenvalue weighted by molar-refractivity contribution is 7.17. The molecule has 1 aromatic carbocycles. The van der Waals surface area contributed by atoms with Crippen LogP contribution in [-0.4, -0.2) is 22.2 Å². The summed E-state index contributed by atoms with van der Waals surface area (Å²) in [6.07, 6.45) is 0. The van der Waals surface area contributed by atoms with E-state index in [1.807, 2.05) is 0 Å². The third-order valence-electron chi connectivity index (χ3n) is 1.59. The van der Waals surface area contributed by atoms with E-state index in [9.17, 15) is 14.2 Å². The van der Waals surface area contributed by atoms with Crippen molar-refractivity contribution in [1.29, 1.82) is 0 Å². The van der Waals surface area contributed by atoms with Gasteiger partial charge in [-0.05, 0) is 18.2 Å². The van der Waals surface area contributed by atoms with Gasteiger partial charge in [-0.2, -0.15) is 0 Å². The van der Waals surface area contributed by atoms with Crippen molar-refractivity contribution in [2.75, 3.05) is 0 Å². The molecule has 7 heteroatoms. The van der Waals surface area contributed by atoms with Gasteiger partial charge in [0.25, 0.3) is 0 Å². The third-order valence-corrected chi connectivity index (χ3v) is 1.86. The van der Waals surface area contributed by atoms with Gasteiger partial charge >= 0.3 is 20.6 Å². The summed E-state index contributed by atoms with van der Waals surface area (Å²) in [6.45, 7) is 0. The summed E-state index contributed by atoms with van der Waals surface area (Å²) < 4.78 is 14.6. The van der Waals surface area contributed by atoms with Crippen molar-refractivity contribution in [2.24, 2.45) is 0 Å². The maximum atomic E-state index is 10.7. The molecule has 0 aromatic heterocycles. The summed E-state index contributed by atoms with van der Waals surface area (Å²) in [5, 5.41) is 17.3. The van der Waals surface area contributed by atoms with Crippen LogP contribution >= 0.6 is 8.69 Å². The molecule has 1 rings (SSSR count). The number of carbonyl (C=O) groups is 2. The zero-order chi connectivity index (χ0) is 11.4. The Morgan fingerprint density at radius 2 is 1.87 bits per heavy atom. The Hall–Kier alpha value is -1.94. The van der Waals surface area contributed by atoms with E-state index in [1.165, 1.54) is 0 Å². The molecule has 0 aliphatic heterocycles. The van der Waals surface area contributed by atoms with Crippen molar-refractivity contribution in [3.8, 4) is 5.75 Å². The molecule has 1 aromatic rings. The van der Waals surface area contributed by atoms with E-state index in [4.69, 9.17) is 10.2 Å². The van der Waals surface area contributed by atoms with Gasteiger partial charge in [0, 0.05) is 0 Å². The Balaban J connectivity index is 3.26. The highest BCUT2D eigenvalue weighted by Gasteiger charge is 2.15. The fraction of sp³-hybridized carbons (Fsp3) is 0. The van der Waals surface area contributed by atoms with Crippen LogP contribution in [0.4, 0.5) is 0 Å². The summed E-state index contributed by atoms with van der Waals surface area (Å²) in [5.74, 6) is -2.75. The molecule has 0 spiro atoms. The topological polar surface area (TPSA) is 101 Å². The van der Waals surface area contributed by atoms with Crippen LogP contribution in [0.3, 0.4) is 0 Å². The maximum absolute atomic E-state index is 10.7. The minimum atomic E-state index is -1.35. The molecular weight excluding hydrogens is 223 g/mol. The number of hydrogen-bond donors (Lipinski definition) is 2. The first kappa shape index (κ1) is 11.1. The Bertz CT molecular complexity index is 427. The minimum absolute atomic E-state index is 0.149. The van der Waals surface area contributed by atoms with Crippen LogP contribution in [0.15, 0.2) is 18.2 Å². The molecule has 0 unspecified atom stereocenters. The van der Waals surface area contributed by atoms with E-state index in [1.54, 1.807) is 0 Å². The lowest BCUT2D eigenvalue weighted by Gasteiger charge is -2.03.